The summed E-state index contributed by atoms with van der Waals surface area (Å²) in [5.74, 6) is 5.05. The van der Waals surface area contributed by atoms with Gasteiger partial charge in [0.25, 0.3) is 5.56 Å². The standard InChI is InChI=1S/C17H20FN5O4/c1-8-2-3-10-13-11(15(24)23(19)17(27)22(8)13)6-12(18)14(10)21-5-4-9(7-21)20-16(25)26/h6,8-9,20H,2-5,7,19H2,1H3,(H,25,26)/t8?,9-/m0/s1. The molecule has 2 aromatic rings. The summed E-state index contributed by atoms with van der Waals surface area (Å²) in [7, 11) is 0. The molecule has 10 heteroatoms. The Morgan fingerprint density at radius 3 is 2.81 bits per heavy atom. The van der Waals surface area contributed by atoms with Crippen molar-refractivity contribution in [3.05, 3.63) is 38.3 Å². The number of carboxylic acid groups (broad SMARTS) is 1. The van der Waals surface area contributed by atoms with Crippen molar-refractivity contribution < 1.29 is 14.3 Å². The van der Waals surface area contributed by atoms with Gasteiger partial charge in [-0.1, -0.05) is 0 Å². The highest BCUT2D eigenvalue weighted by Crippen LogP contribution is 2.37. The number of aromatic nitrogens is 2. The van der Waals surface area contributed by atoms with Crippen molar-refractivity contribution in [3.8, 4) is 0 Å². The zero-order valence-electron chi connectivity index (χ0n) is 14.7. The first kappa shape index (κ1) is 17.4. The fraction of sp³-hybridized carbons (Fsp3) is 0.471. The minimum Gasteiger partial charge on any atom is -0.465 e. The van der Waals surface area contributed by atoms with E-state index >= 15 is 4.39 Å². The second-order valence-electron chi connectivity index (χ2n) is 7.18. The molecule has 0 radical (unpaired) electrons. The summed E-state index contributed by atoms with van der Waals surface area (Å²) in [5.41, 5.74) is 0.0287. The van der Waals surface area contributed by atoms with Crippen LogP contribution in [0.1, 0.15) is 31.4 Å². The highest BCUT2D eigenvalue weighted by molar-refractivity contribution is 5.88. The monoisotopic (exact) mass is 377 g/mol. The molecule has 27 heavy (non-hydrogen) atoms. The van der Waals surface area contributed by atoms with Gasteiger partial charge in [0.1, 0.15) is 5.82 Å². The Bertz CT molecular complexity index is 1080. The van der Waals surface area contributed by atoms with Gasteiger partial charge in [0.15, 0.2) is 0 Å². The minimum atomic E-state index is -1.12. The fourth-order valence-corrected chi connectivity index (χ4v) is 4.27. The molecule has 3 heterocycles. The van der Waals surface area contributed by atoms with Crippen LogP contribution in [0.25, 0.3) is 10.9 Å². The Hall–Kier alpha value is -3.04. The van der Waals surface area contributed by atoms with Crippen LogP contribution >= 0.6 is 0 Å². The Kier molecular flexibility index (Phi) is 3.86. The molecular formula is C17H20FN5O4. The van der Waals surface area contributed by atoms with Gasteiger partial charge in [-0.25, -0.2) is 14.0 Å². The maximum atomic E-state index is 15.0. The number of nitrogens with one attached hydrogen (secondary N) is 1. The molecule has 4 rings (SSSR count). The molecule has 1 saturated heterocycles. The average molecular weight is 377 g/mol. The van der Waals surface area contributed by atoms with E-state index in [2.05, 4.69) is 5.32 Å². The third-order valence-corrected chi connectivity index (χ3v) is 5.51. The highest BCUT2D eigenvalue weighted by Gasteiger charge is 2.32. The lowest BCUT2D eigenvalue weighted by molar-refractivity contribution is 0.191. The fourth-order valence-electron chi connectivity index (χ4n) is 4.27. The van der Waals surface area contributed by atoms with Crippen LogP contribution in [0.5, 0.6) is 0 Å². The van der Waals surface area contributed by atoms with Crippen molar-refractivity contribution in [2.75, 3.05) is 23.8 Å². The smallest absolute Gasteiger partial charge is 0.404 e. The molecule has 1 amide bonds. The average Bonchev–Trinajstić information content (AvgIpc) is 3.05. The lowest BCUT2D eigenvalue weighted by Gasteiger charge is -2.30. The number of nitrogen functional groups attached to an aromatic ring is 1. The zero-order valence-corrected chi connectivity index (χ0v) is 14.7. The molecule has 144 valence electrons. The summed E-state index contributed by atoms with van der Waals surface area (Å²) in [5, 5.41) is 11.4. The number of aryl methyl sites for hydroxylation is 1. The molecule has 0 spiro atoms. The van der Waals surface area contributed by atoms with E-state index in [9.17, 15) is 14.4 Å². The van der Waals surface area contributed by atoms with Gasteiger partial charge in [0, 0.05) is 24.7 Å². The molecule has 2 aliphatic heterocycles. The Morgan fingerprint density at radius 1 is 1.37 bits per heavy atom. The van der Waals surface area contributed by atoms with E-state index in [1.807, 2.05) is 6.92 Å². The first-order valence-electron chi connectivity index (χ1n) is 8.81. The maximum Gasteiger partial charge on any atom is 0.404 e. The lowest BCUT2D eigenvalue weighted by Crippen LogP contribution is -2.46. The molecule has 0 saturated carbocycles. The largest absolute Gasteiger partial charge is 0.465 e. The van der Waals surface area contributed by atoms with Gasteiger partial charge in [-0.05, 0) is 32.3 Å². The van der Waals surface area contributed by atoms with Crippen LogP contribution in [0, 0.1) is 5.82 Å². The molecule has 1 fully saturated rings. The van der Waals surface area contributed by atoms with Gasteiger partial charge in [-0.2, -0.15) is 4.68 Å². The quantitative estimate of drug-likeness (QED) is 0.650. The molecular weight excluding hydrogens is 357 g/mol. The molecule has 0 aliphatic carbocycles. The van der Waals surface area contributed by atoms with Crippen molar-refractivity contribution in [2.24, 2.45) is 0 Å². The van der Waals surface area contributed by atoms with Crippen LogP contribution in [0.4, 0.5) is 14.9 Å². The number of nitrogens with two attached hydrogens (primary N) is 1. The van der Waals surface area contributed by atoms with E-state index < -0.39 is 23.2 Å². The number of carbonyl (C=O) groups is 1. The summed E-state index contributed by atoms with van der Waals surface area (Å²) in [6.07, 6.45) is 0.567. The summed E-state index contributed by atoms with van der Waals surface area (Å²) >= 11 is 0. The van der Waals surface area contributed by atoms with E-state index in [0.29, 0.717) is 53.8 Å². The minimum absolute atomic E-state index is 0.0827. The van der Waals surface area contributed by atoms with Crippen molar-refractivity contribution in [1.29, 1.82) is 0 Å². The summed E-state index contributed by atoms with van der Waals surface area (Å²) < 4.78 is 17.0. The number of benzene rings is 1. The van der Waals surface area contributed by atoms with E-state index in [-0.39, 0.29) is 17.5 Å². The lowest BCUT2D eigenvalue weighted by atomic mass is 9.95. The molecule has 2 atom stereocenters. The normalized spacial score (nSPS) is 21.6. The first-order chi connectivity index (χ1) is 12.8. The van der Waals surface area contributed by atoms with Gasteiger partial charge < -0.3 is 21.2 Å². The molecule has 4 N–H and O–H groups in total. The van der Waals surface area contributed by atoms with Crippen LogP contribution < -0.4 is 27.3 Å². The predicted molar refractivity (Wildman–Crippen MR) is 97.4 cm³/mol. The van der Waals surface area contributed by atoms with Crippen molar-refractivity contribution in [1.82, 2.24) is 14.6 Å². The van der Waals surface area contributed by atoms with Gasteiger partial charge in [-0.3, -0.25) is 9.36 Å². The number of hydrogen-bond donors (Lipinski definition) is 3. The number of halogens is 1. The van der Waals surface area contributed by atoms with Gasteiger partial charge in [0.05, 0.1) is 22.6 Å². The van der Waals surface area contributed by atoms with E-state index in [1.54, 1.807) is 4.90 Å². The number of nitrogens with zero attached hydrogens (tertiary/aromatic N) is 3. The second-order valence-corrected chi connectivity index (χ2v) is 7.18. The molecule has 9 nitrogen and oxygen atoms in total. The van der Waals surface area contributed by atoms with Crippen molar-refractivity contribution >= 4 is 22.7 Å². The molecule has 1 aromatic heterocycles. The van der Waals surface area contributed by atoms with E-state index in [1.165, 1.54) is 4.57 Å². The number of hydrogen-bond acceptors (Lipinski definition) is 5. The van der Waals surface area contributed by atoms with Crippen molar-refractivity contribution in [2.45, 2.75) is 38.3 Å². The molecule has 2 aliphatic rings. The predicted octanol–water partition coefficient (Wildman–Crippen LogP) is 0.370. The van der Waals surface area contributed by atoms with Gasteiger partial charge in [-0.15, -0.1) is 0 Å². The third kappa shape index (κ3) is 2.54. The van der Waals surface area contributed by atoms with E-state index in [0.717, 1.165) is 6.07 Å². The summed E-state index contributed by atoms with van der Waals surface area (Å²) in [6.45, 7) is 2.67. The van der Waals surface area contributed by atoms with Crippen LogP contribution in [-0.2, 0) is 6.42 Å². The highest BCUT2D eigenvalue weighted by atomic mass is 19.1. The van der Waals surface area contributed by atoms with E-state index in [4.69, 9.17) is 10.9 Å². The van der Waals surface area contributed by atoms with Crippen LogP contribution in [0.2, 0.25) is 0 Å². The molecule has 1 unspecified atom stereocenters. The topological polar surface area (TPSA) is 123 Å². The number of rotatable bonds is 2. The first-order valence-corrected chi connectivity index (χ1v) is 8.81. The SMILES string of the molecule is CC1CCc2c(N3CC[C@H](NC(=O)O)C3)c(F)cc3c(=O)n(N)c(=O)n1c23. The third-order valence-electron chi connectivity index (χ3n) is 5.51. The Labute approximate surface area is 152 Å². The Morgan fingerprint density at radius 2 is 2.11 bits per heavy atom. The van der Waals surface area contributed by atoms with Crippen LogP contribution in [-0.4, -0.2) is 39.6 Å². The second kappa shape index (κ2) is 6.00. The van der Waals surface area contributed by atoms with Gasteiger partial charge >= 0.3 is 11.8 Å². The van der Waals surface area contributed by atoms with Crippen LogP contribution in [0.3, 0.4) is 0 Å². The zero-order chi connectivity index (χ0) is 19.5. The Balaban J connectivity index is 1.93. The number of anilines is 1. The molecule has 1 aromatic carbocycles. The maximum absolute atomic E-state index is 15.0. The van der Waals surface area contributed by atoms with Crippen LogP contribution in [0.15, 0.2) is 15.7 Å². The summed E-state index contributed by atoms with van der Waals surface area (Å²) in [6, 6.07) is 0.666. The van der Waals surface area contributed by atoms with Crippen molar-refractivity contribution in [3.63, 3.8) is 0 Å². The summed E-state index contributed by atoms with van der Waals surface area (Å²) in [4.78, 5) is 37.6. The van der Waals surface area contributed by atoms with Gasteiger partial charge in [0.2, 0.25) is 0 Å². The molecule has 0 bridgehead atoms. The number of amides is 1.